The van der Waals surface area contributed by atoms with Gasteiger partial charge >= 0.3 is 0 Å². The Morgan fingerprint density at radius 2 is 1.29 bits per heavy atom. The monoisotopic (exact) mass is 315 g/mol. The van der Waals surface area contributed by atoms with E-state index >= 15 is 0 Å². The lowest BCUT2D eigenvalue weighted by atomic mass is 9.91. The van der Waals surface area contributed by atoms with Crippen LogP contribution in [0.1, 0.15) is 23.6 Å². The van der Waals surface area contributed by atoms with Crippen LogP contribution in [-0.4, -0.2) is 0 Å². The molecule has 0 aliphatic heterocycles. The number of hydrogen-bond acceptors (Lipinski definition) is 1. The highest BCUT2D eigenvalue weighted by molar-refractivity contribution is 5.63. The third-order valence-electron chi connectivity index (χ3n) is 4.47. The van der Waals surface area contributed by atoms with Gasteiger partial charge in [-0.05, 0) is 60.6 Å². The number of rotatable bonds is 6. The molecule has 24 heavy (non-hydrogen) atoms. The van der Waals surface area contributed by atoms with Gasteiger partial charge in [-0.25, -0.2) is 0 Å². The van der Waals surface area contributed by atoms with Crippen LogP contribution in [0.3, 0.4) is 0 Å². The van der Waals surface area contributed by atoms with Gasteiger partial charge in [-0.15, -0.1) is 0 Å². The van der Waals surface area contributed by atoms with Gasteiger partial charge in [0.2, 0.25) is 0 Å². The van der Waals surface area contributed by atoms with Crippen molar-refractivity contribution in [2.24, 2.45) is 5.92 Å². The first kappa shape index (κ1) is 16.3. The number of para-hydroxylation sites is 2. The molecular formula is C23H25N. The molecule has 1 atom stereocenters. The number of nitrogens with one attached hydrogen (secondary N) is 1. The average Bonchev–Trinajstić information content (AvgIpc) is 2.60. The van der Waals surface area contributed by atoms with Crippen LogP contribution in [0.5, 0.6) is 0 Å². The summed E-state index contributed by atoms with van der Waals surface area (Å²) in [6.45, 7) is 4.54. The Morgan fingerprint density at radius 3 is 2.04 bits per heavy atom. The molecule has 0 aliphatic rings. The van der Waals surface area contributed by atoms with Crippen molar-refractivity contribution in [3.63, 3.8) is 0 Å². The van der Waals surface area contributed by atoms with Crippen LogP contribution in [0.4, 0.5) is 11.4 Å². The SMILES string of the molecule is Cc1ccccc1CC(C)Cc1ccccc1Nc1ccccc1. The van der Waals surface area contributed by atoms with Gasteiger partial charge in [-0.2, -0.15) is 0 Å². The summed E-state index contributed by atoms with van der Waals surface area (Å²) in [5, 5.41) is 3.55. The highest BCUT2D eigenvalue weighted by Gasteiger charge is 2.10. The average molecular weight is 315 g/mol. The van der Waals surface area contributed by atoms with Gasteiger partial charge in [-0.3, -0.25) is 0 Å². The maximum Gasteiger partial charge on any atom is 0.0416 e. The van der Waals surface area contributed by atoms with Gasteiger partial charge in [0.1, 0.15) is 0 Å². The second-order valence-corrected chi connectivity index (χ2v) is 6.59. The van der Waals surface area contributed by atoms with Crippen molar-refractivity contribution in [2.45, 2.75) is 26.7 Å². The van der Waals surface area contributed by atoms with E-state index in [9.17, 15) is 0 Å². The zero-order valence-electron chi connectivity index (χ0n) is 14.5. The maximum atomic E-state index is 3.55. The first-order chi connectivity index (χ1) is 11.7. The van der Waals surface area contributed by atoms with Crippen molar-refractivity contribution in [1.29, 1.82) is 0 Å². The molecule has 0 heterocycles. The zero-order valence-corrected chi connectivity index (χ0v) is 14.5. The molecule has 3 aromatic carbocycles. The third-order valence-corrected chi connectivity index (χ3v) is 4.47. The molecule has 0 spiro atoms. The lowest BCUT2D eigenvalue weighted by Gasteiger charge is -2.17. The largest absolute Gasteiger partial charge is 0.355 e. The van der Waals surface area contributed by atoms with Crippen LogP contribution in [0.2, 0.25) is 0 Å². The van der Waals surface area contributed by atoms with Crippen molar-refractivity contribution >= 4 is 11.4 Å². The molecule has 1 unspecified atom stereocenters. The number of aryl methyl sites for hydroxylation is 1. The molecule has 1 nitrogen and oxygen atoms in total. The van der Waals surface area contributed by atoms with Crippen molar-refractivity contribution in [2.75, 3.05) is 5.32 Å². The molecule has 3 aromatic rings. The molecule has 0 bridgehead atoms. The summed E-state index contributed by atoms with van der Waals surface area (Å²) in [6, 6.07) is 27.7. The van der Waals surface area contributed by atoms with E-state index in [1.54, 1.807) is 0 Å². The van der Waals surface area contributed by atoms with Crippen molar-refractivity contribution in [1.82, 2.24) is 0 Å². The van der Waals surface area contributed by atoms with E-state index in [-0.39, 0.29) is 0 Å². The van der Waals surface area contributed by atoms with Gasteiger partial charge in [0, 0.05) is 11.4 Å². The zero-order chi connectivity index (χ0) is 16.8. The molecule has 1 heteroatoms. The smallest absolute Gasteiger partial charge is 0.0416 e. The van der Waals surface area contributed by atoms with E-state index in [1.807, 2.05) is 6.07 Å². The summed E-state index contributed by atoms with van der Waals surface area (Å²) in [4.78, 5) is 0. The third kappa shape index (κ3) is 4.26. The molecule has 0 fully saturated rings. The van der Waals surface area contributed by atoms with Gasteiger partial charge < -0.3 is 5.32 Å². The number of anilines is 2. The summed E-state index contributed by atoms with van der Waals surface area (Å²) < 4.78 is 0. The molecule has 0 aromatic heterocycles. The van der Waals surface area contributed by atoms with Gasteiger partial charge in [0.25, 0.3) is 0 Å². The first-order valence-electron chi connectivity index (χ1n) is 8.67. The highest BCUT2D eigenvalue weighted by atomic mass is 14.9. The summed E-state index contributed by atoms with van der Waals surface area (Å²) >= 11 is 0. The Morgan fingerprint density at radius 1 is 0.708 bits per heavy atom. The molecule has 0 radical (unpaired) electrons. The molecule has 1 N–H and O–H groups in total. The minimum absolute atomic E-state index is 0.602. The molecule has 0 saturated heterocycles. The van der Waals surface area contributed by atoms with Crippen LogP contribution >= 0.6 is 0 Å². The van der Waals surface area contributed by atoms with Crippen LogP contribution in [0, 0.1) is 12.8 Å². The number of hydrogen-bond donors (Lipinski definition) is 1. The summed E-state index contributed by atoms with van der Waals surface area (Å²) in [5.74, 6) is 0.602. The van der Waals surface area contributed by atoms with Crippen LogP contribution in [0.25, 0.3) is 0 Å². The molecule has 0 saturated carbocycles. The Bertz CT molecular complexity index is 777. The fourth-order valence-electron chi connectivity index (χ4n) is 3.16. The maximum absolute atomic E-state index is 3.55. The Kier molecular flexibility index (Phi) is 5.32. The molecular weight excluding hydrogens is 290 g/mol. The Balaban J connectivity index is 1.72. The van der Waals surface area contributed by atoms with Crippen LogP contribution in [0.15, 0.2) is 78.9 Å². The Labute approximate surface area is 145 Å². The predicted molar refractivity (Wildman–Crippen MR) is 104 cm³/mol. The topological polar surface area (TPSA) is 12.0 Å². The summed E-state index contributed by atoms with van der Waals surface area (Å²) in [7, 11) is 0. The number of benzene rings is 3. The molecule has 0 amide bonds. The molecule has 122 valence electrons. The van der Waals surface area contributed by atoms with E-state index in [2.05, 4.69) is 92.0 Å². The normalized spacial score (nSPS) is 11.9. The summed E-state index contributed by atoms with van der Waals surface area (Å²) in [6.07, 6.45) is 2.19. The fraction of sp³-hybridized carbons (Fsp3) is 0.217. The van der Waals surface area contributed by atoms with Crippen LogP contribution in [-0.2, 0) is 12.8 Å². The van der Waals surface area contributed by atoms with Crippen molar-refractivity contribution in [3.8, 4) is 0 Å². The predicted octanol–water partition coefficient (Wildman–Crippen LogP) is 6.16. The van der Waals surface area contributed by atoms with Crippen molar-refractivity contribution < 1.29 is 0 Å². The minimum Gasteiger partial charge on any atom is -0.355 e. The highest BCUT2D eigenvalue weighted by Crippen LogP contribution is 2.25. The first-order valence-corrected chi connectivity index (χ1v) is 8.67. The fourth-order valence-corrected chi connectivity index (χ4v) is 3.16. The lowest BCUT2D eigenvalue weighted by molar-refractivity contribution is 0.576. The van der Waals surface area contributed by atoms with E-state index in [0.29, 0.717) is 5.92 Å². The minimum atomic E-state index is 0.602. The summed E-state index contributed by atoms with van der Waals surface area (Å²) in [5.41, 5.74) is 6.57. The second-order valence-electron chi connectivity index (χ2n) is 6.59. The Hall–Kier alpha value is -2.54. The standard InChI is InChI=1S/C23H25N/c1-18(16-20-11-7-6-10-19(20)2)17-21-12-8-9-15-23(21)24-22-13-4-3-5-14-22/h3-15,18,24H,16-17H2,1-2H3. The van der Waals surface area contributed by atoms with E-state index in [0.717, 1.165) is 18.5 Å². The van der Waals surface area contributed by atoms with Gasteiger partial charge in [-0.1, -0.05) is 67.6 Å². The van der Waals surface area contributed by atoms with Crippen molar-refractivity contribution in [3.05, 3.63) is 95.6 Å². The van der Waals surface area contributed by atoms with Crippen LogP contribution < -0.4 is 5.32 Å². The molecule has 0 aliphatic carbocycles. The second kappa shape index (κ2) is 7.83. The van der Waals surface area contributed by atoms with E-state index in [4.69, 9.17) is 0 Å². The lowest BCUT2D eigenvalue weighted by Crippen LogP contribution is -2.07. The van der Waals surface area contributed by atoms with Gasteiger partial charge in [0.05, 0.1) is 0 Å². The van der Waals surface area contributed by atoms with E-state index in [1.165, 1.54) is 22.4 Å². The quantitative estimate of drug-likeness (QED) is 0.574. The van der Waals surface area contributed by atoms with E-state index < -0.39 is 0 Å². The van der Waals surface area contributed by atoms with Gasteiger partial charge in [0.15, 0.2) is 0 Å². The molecule has 3 rings (SSSR count).